The van der Waals surface area contributed by atoms with E-state index in [2.05, 4.69) is 26.6 Å². The predicted octanol–water partition coefficient (Wildman–Crippen LogP) is 0.808. The summed E-state index contributed by atoms with van der Waals surface area (Å²) in [7, 11) is 0. The number of rotatable bonds is 22. The molecule has 7 N–H and O–H groups in total. The average Bonchev–Trinajstić information content (AvgIpc) is 3.48. The Balaban J connectivity index is 0.968. The predicted molar refractivity (Wildman–Crippen MR) is 193 cm³/mol. The molecule has 1 aliphatic heterocycles. The van der Waals surface area contributed by atoms with Crippen LogP contribution in [0.5, 0.6) is 11.8 Å². The first-order chi connectivity index (χ1) is 26.5. The van der Waals surface area contributed by atoms with E-state index in [9.17, 15) is 43.8 Å². The van der Waals surface area contributed by atoms with Crippen LogP contribution in [-0.4, -0.2) is 103 Å². The van der Waals surface area contributed by atoms with Gasteiger partial charge < -0.3 is 40.5 Å². The fourth-order valence-corrected chi connectivity index (χ4v) is 5.55. The molecule has 18 nitrogen and oxygen atoms in total. The van der Waals surface area contributed by atoms with Crippen LogP contribution >= 0.6 is 0 Å². The number of barbiturate groups is 1. The van der Waals surface area contributed by atoms with Crippen molar-refractivity contribution < 1.29 is 58.1 Å². The molecule has 2 aromatic carbocycles. The maximum atomic E-state index is 12.8. The van der Waals surface area contributed by atoms with Gasteiger partial charge in [-0.3, -0.25) is 34.6 Å². The number of nitrogens with one attached hydrogen (secondary N) is 5. The summed E-state index contributed by atoms with van der Waals surface area (Å²) in [5, 5.41) is 31.7. The molecule has 4 rings (SSSR count). The molecule has 0 unspecified atom stereocenters. The van der Waals surface area contributed by atoms with Gasteiger partial charge in [0.05, 0.1) is 32.0 Å². The maximum absolute atomic E-state index is 12.8. The zero-order chi connectivity index (χ0) is 39.6. The summed E-state index contributed by atoms with van der Waals surface area (Å²) in [6.45, 7) is 1.85. The van der Waals surface area contributed by atoms with Gasteiger partial charge in [0, 0.05) is 50.2 Å². The minimum absolute atomic E-state index is 0.0973. The van der Waals surface area contributed by atoms with Crippen molar-refractivity contribution in [2.45, 2.75) is 43.9 Å². The molecule has 0 radical (unpaired) electrons. The van der Waals surface area contributed by atoms with E-state index in [-0.39, 0.29) is 82.1 Å². The zero-order valence-corrected chi connectivity index (χ0v) is 30.0. The molecule has 1 aliphatic rings. The largest absolute Gasteiger partial charge is 0.492 e. The molecule has 2 heterocycles. The van der Waals surface area contributed by atoms with E-state index in [1.807, 2.05) is 0 Å². The van der Waals surface area contributed by atoms with Crippen LogP contribution in [0.25, 0.3) is 0 Å². The topological polar surface area (TPSA) is 253 Å². The molecule has 0 bridgehead atoms. The number of carbonyl (C=O) groups is 7. The van der Waals surface area contributed by atoms with E-state index in [0.29, 0.717) is 41.7 Å². The van der Waals surface area contributed by atoms with Gasteiger partial charge >= 0.3 is 12.0 Å². The quantitative estimate of drug-likeness (QED) is 0.0555. The first kappa shape index (κ1) is 41.5. The number of urea groups is 1. The van der Waals surface area contributed by atoms with Crippen molar-refractivity contribution in [2.75, 3.05) is 46.1 Å². The minimum atomic E-state index is -1.54. The number of aromatic nitrogens is 1. The number of ether oxygens (including phenoxy) is 2. The first-order valence-electron chi connectivity index (χ1n) is 17.6. The van der Waals surface area contributed by atoms with E-state index in [1.165, 1.54) is 24.3 Å². The van der Waals surface area contributed by atoms with Crippen molar-refractivity contribution in [1.29, 1.82) is 0 Å². The maximum Gasteiger partial charge on any atom is 0.363 e. The van der Waals surface area contributed by atoms with E-state index in [0.717, 1.165) is 12.1 Å². The number of aromatic hydroxyl groups is 2. The number of hydrogen-bond donors (Lipinski definition) is 7. The SMILES string of the molecule is O=C(CCCC(=O)NCCOCCOCCNC(=O)c1ccc(C(=O)On2c(O)ccc2O)cc1)NCCCCC1(c2ccccc2)C(=O)NC(=O)NC1=O. The monoisotopic (exact) mass is 764 g/mol. The van der Waals surface area contributed by atoms with Crippen molar-refractivity contribution in [1.82, 2.24) is 31.3 Å². The third-order valence-electron chi connectivity index (χ3n) is 8.43. The zero-order valence-electron chi connectivity index (χ0n) is 30.0. The van der Waals surface area contributed by atoms with Crippen LogP contribution in [0, 0.1) is 0 Å². The molecule has 1 fully saturated rings. The highest BCUT2D eigenvalue weighted by atomic mass is 16.7. The summed E-state index contributed by atoms with van der Waals surface area (Å²) in [6, 6.07) is 15.6. The summed E-state index contributed by atoms with van der Waals surface area (Å²) < 4.78 is 11.4. The van der Waals surface area contributed by atoms with Crippen LogP contribution in [0.4, 0.5) is 4.79 Å². The van der Waals surface area contributed by atoms with Crippen molar-refractivity contribution >= 4 is 41.5 Å². The molecule has 7 amide bonds. The van der Waals surface area contributed by atoms with E-state index in [1.54, 1.807) is 30.3 Å². The molecule has 18 heteroatoms. The highest BCUT2D eigenvalue weighted by Crippen LogP contribution is 2.32. The third-order valence-corrected chi connectivity index (χ3v) is 8.43. The Morgan fingerprint density at radius 1 is 0.636 bits per heavy atom. The summed E-state index contributed by atoms with van der Waals surface area (Å²) >= 11 is 0. The molecule has 0 aliphatic carbocycles. The smallest absolute Gasteiger partial charge is 0.363 e. The number of carbonyl (C=O) groups excluding carboxylic acids is 7. The molecule has 0 spiro atoms. The molecular formula is C37H44N6O12. The van der Waals surface area contributed by atoms with Gasteiger partial charge in [-0.25, -0.2) is 9.59 Å². The summed E-state index contributed by atoms with van der Waals surface area (Å²) in [5.41, 5.74) is -0.674. The van der Waals surface area contributed by atoms with Gasteiger partial charge in [0.25, 0.3) is 5.91 Å². The average molecular weight is 765 g/mol. The third kappa shape index (κ3) is 12.1. The molecule has 0 saturated carbocycles. The van der Waals surface area contributed by atoms with Gasteiger partial charge in [-0.1, -0.05) is 30.3 Å². The van der Waals surface area contributed by atoms with Gasteiger partial charge in [0.2, 0.25) is 35.4 Å². The highest BCUT2D eigenvalue weighted by Gasteiger charge is 2.51. The van der Waals surface area contributed by atoms with Crippen molar-refractivity contribution in [3.63, 3.8) is 0 Å². The van der Waals surface area contributed by atoms with Crippen LogP contribution in [-0.2, 0) is 34.1 Å². The van der Waals surface area contributed by atoms with Gasteiger partial charge in [-0.15, -0.1) is 4.73 Å². The van der Waals surface area contributed by atoms with Gasteiger partial charge in [0.15, 0.2) is 5.41 Å². The van der Waals surface area contributed by atoms with Crippen molar-refractivity contribution in [2.24, 2.45) is 0 Å². The number of amides is 7. The molecule has 55 heavy (non-hydrogen) atoms. The standard InChI is InChI=1S/C37H44N6O12/c44-28(38-18-5-4-17-37(27-7-2-1-3-8-27)34(50)41-36(52)42-35(37)51)9-6-10-29(45)39-19-21-53-23-24-54-22-20-40-32(48)25-11-13-26(14-12-25)33(49)55-43-30(46)15-16-31(43)47/h1-3,7-8,11-16,46-47H,4-6,9-10,17-24H2,(H,38,44)(H,39,45)(H,40,48)(H2,41,42,50,51,52). The summed E-state index contributed by atoms with van der Waals surface area (Å²) in [5.74, 6) is -3.94. The van der Waals surface area contributed by atoms with Crippen LogP contribution in [0.1, 0.15) is 64.8 Å². The Labute approximate surface area is 315 Å². The molecule has 294 valence electrons. The van der Waals surface area contributed by atoms with Crippen molar-refractivity contribution in [3.05, 3.63) is 83.4 Å². The molecule has 0 atom stereocenters. The number of unbranched alkanes of at least 4 members (excludes halogenated alkanes) is 1. The summed E-state index contributed by atoms with van der Waals surface area (Å²) in [6.07, 6.45) is 1.73. The lowest BCUT2D eigenvalue weighted by Crippen LogP contribution is -2.64. The van der Waals surface area contributed by atoms with Crippen LogP contribution in [0.15, 0.2) is 66.7 Å². The number of nitrogens with zero attached hydrogens (tertiary/aromatic N) is 1. The fourth-order valence-electron chi connectivity index (χ4n) is 5.55. The Hall–Kier alpha value is -6.27. The lowest BCUT2D eigenvalue weighted by Gasteiger charge is -2.34. The fraction of sp³-hybridized carbons (Fsp3) is 0.378. The summed E-state index contributed by atoms with van der Waals surface area (Å²) in [4.78, 5) is 91.1. The Morgan fingerprint density at radius 3 is 1.78 bits per heavy atom. The Morgan fingerprint density at radius 2 is 1.18 bits per heavy atom. The van der Waals surface area contributed by atoms with Crippen LogP contribution in [0.3, 0.4) is 0 Å². The Kier molecular flexibility index (Phi) is 15.7. The van der Waals surface area contributed by atoms with Crippen LogP contribution < -0.4 is 31.4 Å². The molecule has 1 saturated heterocycles. The second-order valence-corrected chi connectivity index (χ2v) is 12.3. The normalized spacial score (nSPS) is 13.3. The molecular weight excluding hydrogens is 720 g/mol. The van der Waals surface area contributed by atoms with Crippen LogP contribution in [0.2, 0.25) is 0 Å². The lowest BCUT2D eigenvalue weighted by molar-refractivity contribution is -0.139. The van der Waals surface area contributed by atoms with Crippen molar-refractivity contribution in [3.8, 4) is 11.8 Å². The van der Waals surface area contributed by atoms with Gasteiger partial charge in [-0.2, -0.15) is 0 Å². The number of imide groups is 2. The Bertz CT molecular complexity index is 1770. The molecule has 3 aromatic rings. The highest BCUT2D eigenvalue weighted by molar-refractivity contribution is 6.22. The van der Waals surface area contributed by atoms with E-state index in [4.69, 9.17) is 14.3 Å². The number of benzene rings is 2. The first-order valence-corrected chi connectivity index (χ1v) is 17.6. The lowest BCUT2D eigenvalue weighted by atomic mass is 9.73. The molecule has 1 aromatic heterocycles. The number of hydrogen-bond acceptors (Lipinski definition) is 12. The van der Waals surface area contributed by atoms with E-state index < -0.39 is 41.0 Å². The van der Waals surface area contributed by atoms with E-state index >= 15 is 0 Å². The minimum Gasteiger partial charge on any atom is -0.492 e. The second kappa shape index (κ2) is 20.8. The second-order valence-electron chi connectivity index (χ2n) is 12.3. The van der Waals surface area contributed by atoms with Gasteiger partial charge in [0.1, 0.15) is 0 Å². The van der Waals surface area contributed by atoms with Gasteiger partial charge in [-0.05, 0) is 55.5 Å².